The third-order valence-corrected chi connectivity index (χ3v) is 4.66. The number of hydrogen-bond donors (Lipinski definition) is 1. The zero-order valence-corrected chi connectivity index (χ0v) is 14.5. The summed E-state index contributed by atoms with van der Waals surface area (Å²) in [6, 6.07) is 12.7. The molecule has 128 valence electrons. The Morgan fingerprint density at radius 3 is 2.75 bits per heavy atom. The Labute approximate surface area is 143 Å². The summed E-state index contributed by atoms with van der Waals surface area (Å²) in [7, 11) is 0. The molecule has 2 atom stereocenters. The van der Waals surface area contributed by atoms with Crippen molar-refractivity contribution in [1.29, 1.82) is 0 Å². The number of aromatic nitrogens is 2. The zero-order chi connectivity index (χ0) is 16.9. The molecule has 2 aromatic rings. The summed E-state index contributed by atoms with van der Waals surface area (Å²) in [4.78, 5) is 14.7. The van der Waals surface area contributed by atoms with E-state index in [2.05, 4.69) is 52.6 Å². The highest BCUT2D eigenvalue weighted by Crippen LogP contribution is 2.19. The molecule has 1 saturated heterocycles. The van der Waals surface area contributed by atoms with Crippen LogP contribution in [0.1, 0.15) is 24.6 Å². The van der Waals surface area contributed by atoms with Gasteiger partial charge in [-0.15, -0.1) is 0 Å². The minimum Gasteiger partial charge on any atom is -0.351 e. The molecule has 0 radical (unpaired) electrons. The van der Waals surface area contributed by atoms with Gasteiger partial charge in [-0.2, -0.15) is 5.10 Å². The molecule has 5 nitrogen and oxygen atoms in total. The maximum absolute atomic E-state index is 12.2. The molecule has 1 aliphatic heterocycles. The van der Waals surface area contributed by atoms with Crippen molar-refractivity contribution in [3.8, 4) is 0 Å². The Hall–Kier alpha value is -2.14. The van der Waals surface area contributed by atoms with Crippen molar-refractivity contribution in [2.45, 2.75) is 39.4 Å². The van der Waals surface area contributed by atoms with Gasteiger partial charge >= 0.3 is 0 Å². The molecule has 1 aliphatic rings. The third kappa shape index (κ3) is 4.45. The largest absolute Gasteiger partial charge is 0.351 e. The van der Waals surface area contributed by atoms with Crippen LogP contribution >= 0.6 is 0 Å². The lowest BCUT2D eigenvalue weighted by Crippen LogP contribution is -2.50. The summed E-state index contributed by atoms with van der Waals surface area (Å²) in [5.41, 5.74) is 2.28. The van der Waals surface area contributed by atoms with Crippen molar-refractivity contribution in [1.82, 2.24) is 20.0 Å². The first kappa shape index (κ1) is 16.7. The molecule has 0 saturated carbocycles. The number of carbonyl (C=O) groups excluding carboxylic acids is 1. The number of carbonyl (C=O) groups is 1. The number of piperidine rings is 1. The highest BCUT2D eigenvalue weighted by molar-refractivity contribution is 5.76. The average Bonchev–Trinajstić information content (AvgIpc) is 2.96. The highest BCUT2D eigenvalue weighted by Gasteiger charge is 2.27. The van der Waals surface area contributed by atoms with E-state index < -0.39 is 0 Å². The van der Waals surface area contributed by atoms with E-state index in [0.717, 1.165) is 31.7 Å². The topological polar surface area (TPSA) is 50.2 Å². The van der Waals surface area contributed by atoms with Crippen molar-refractivity contribution >= 4 is 5.91 Å². The molecule has 1 N–H and O–H groups in total. The minimum absolute atomic E-state index is 0.0476. The summed E-state index contributed by atoms with van der Waals surface area (Å²) in [5.74, 6) is 0.497. The first-order valence-electron chi connectivity index (χ1n) is 8.66. The van der Waals surface area contributed by atoms with Crippen molar-refractivity contribution in [3.63, 3.8) is 0 Å². The molecular weight excluding hydrogens is 300 g/mol. The Bertz CT molecular complexity index is 667. The maximum Gasteiger partial charge on any atom is 0.241 e. The molecule has 1 amide bonds. The minimum atomic E-state index is 0.0476. The number of aryl methyl sites for hydroxylation is 1. The SMILES string of the molecule is Cc1ccn(CC(=O)NC2CCN(Cc3ccccc3)CC2C)n1. The summed E-state index contributed by atoms with van der Waals surface area (Å²) < 4.78 is 1.69. The molecule has 0 spiro atoms. The molecule has 0 aliphatic carbocycles. The molecule has 24 heavy (non-hydrogen) atoms. The molecule has 5 heteroatoms. The van der Waals surface area contributed by atoms with Crippen LogP contribution in [0.5, 0.6) is 0 Å². The number of benzene rings is 1. The number of likely N-dealkylation sites (tertiary alicyclic amines) is 1. The van der Waals surface area contributed by atoms with Crippen LogP contribution in [0.15, 0.2) is 42.6 Å². The lowest BCUT2D eigenvalue weighted by atomic mass is 9.93. The predicted molar refractivity (Wildman–Crippen MR) is 94.4 cm³/mol. The van der Waals surface area contributed by atoms with Crippen molar-refractivity contribution < 1.29 is 4.79 Å². The summed E-state index contributed by atoms with van der Waals surface area (Å²) >= 11 is 0. The van der Waals surface area contributed by atoms with E-state index in [1.807, 2.05) is 19.2 Å². The van der Waals surface area contributed by atoms with Crippen LogP contribution in [0.25, 0.3) is 0 Å². The second kappa shape index (κ2) is 7.62. The van der Waals surface area contributed by atoms with E-state index in [-0.39, 0.29) is 11.9 Å². The van der Waals surface area contributed by atoms with Gasteiger partial charge in [0.25, 0.3) is 0 Å². The van der Waals surface area contributed by atoms with Crippen molar-refractivity contribution in [2.24, 2.45) is 5.92 Å². The normalized spacial score (nSPS) is 21.6. The van der Waals surface area contributed by atoms with Crippen LogP contribution in [0.3, 0.4) is 0 Å². The highest BCUT2D eigenvalue weighted by atomic mass is 16.2. The van der Waals surface area contributed by atoms with Crippen LogP contribution in [0.2, 0.25) is 0 Å². The van der Waals surface area contributed by atoms with Crippen molar-refractivity contribution in [2.75, 3.05) is 13.1 Å². The smallest absolute Gasteiger partial charge is 0.241 e. The molecule has 3 rings (SSSR count). The Morgan fingerprint density at radius 2 is 2.08 bits per heavy atom. The van der Waals surface area contributed by atoms with Crippen LogP contribution < -0.4 is 5.32 Å². The van der Waals surface area contributed by atoms with Crippen LogP contribution in [-0.4, -0.2) is 39.7 Å². The van der Waals surface area contributed by atoms with E-state index in [0.29, 0.717) is 12.5 Å². The molecular formula is C19H26N4O. The Balaban J connectivity index is 1.47. The van der Waals surface area contributed by atoms with E-state index >= 15 is 0 Å². The van der Waals surface area contributed by atoms with Gasteiger partial charge in [0, 0.05) is 31.9 Å². The van der Waals surface area contributed by atoms with E-state index in [9.17, 15) is 4.79 Å². The van der Waals surface area contributed by atoms with Gasteiger partial charge in [-0.05, 0) is 30.9 Å². The van der Waals surface area contributed by atoms with E-state index in [1.54, 1.807) is 4.68 Å². The lowest BCUT2D eigenvalue weighted by Gasteiger charge is -2.37. The molecule has 1 aromatic heterocycles. The van der Waals surface area contributed by atoms with Crippen LogP contribution in [0.4, 0.5) is 0 Å². The van der Waals surface area contributed by atoms with E-state index in [4.69, 9.17) is 0 Å². The summed E-state index contributed by atoms with van der Waals surface area (Å²) in [5, 5.41) is 7.45. The Morgan fingerprint density at radius 1 is 1.29 bits per heavy atom. The molecule has 2 heterocycles. The maximum atomic E-state index is 12.2. The number of rotatable bonds is 5. The number of nitrogens with zero attached hydrogens (tertiary/aromatic N) is 3. The number of amides is 1. The third-order valence-electron chi connectivity index (χ3n) is 4.66. The summed E-state index contributed by atoms with van der Waals surface area (Å²) in [6.45, 7) is 7.47. The molecule has 2 unspecified atom stereocenters. The zero-order valence-electron chi connectivity index (χ0n) is 14.5. The van der Waals surface area contributed by atoms with Gasteiger partial charge in [-0.3, -0.25) is 14.4 Å². The fourth-order valence-corrected chi connectivity index (χ4v) is 3.38. The van der Waals surface area contributed by atoms with Gasteiger partial charge < -0.3 is 5.32 Å². The second-order valence-corrected chi connectivity index (χ2v) is 6.82. The van der Waals surface area contributed by atoms with Gasteiger partial charge in [0.15, 0.2) is 0 Å². The van der Waals surface area contributed by atoms with Crippen molar-refractivity contribution in [3.05, 3.63) is 53.9 Å². The van der Waals surface area contributed by atoms with Crippen LogP contribution in [-0.2, 0) is 17.9 Å². The monoisotopic (exact) mass is 326 g/mol. The van der Waals surface area contributed by atoms with Crippen LogP contribution in [0, 0.1) is 12.8 Å². The Kier molecular flexibility index (Phi) is 5.30. The fourth-order valence-electron chi connectivity index (χ4n) is 3.38. The fraction of sp³-hybridized carbons (Fsp3) is 0.474. The first-order valence-corrected chi connectivity index (χ1v) is 8.66. The number of hydrogen-bond acceptors (Lipinski definition) is 3. The molecule has 1 aromatic carbocycles. The van der Waals surface area contributed by atoms with Gasteiger partial charge in [0.2, 0.25) is 5.91 Å². The molecule has 0 bridgehead atoms. The first-order chi connectivity index (χ1) is 11.6. The second-order valence-electron chi connectivity index (χ2n) is 6.82. The average molecular weight is 326 g/mol. The quantitative estimate of drug-likeness (QED) is 0.916. The van der Waals surface area contributed by atoms with E-state index in [1.165, 1.54) is 5.56 Å². The standard InChI is InChI=1S/C19H26N4O/c1-15-12-22(13-17-6-4-3-5-7-17)10-9-18(15)20-19(24)14-23-11-8-16(2)21-23/h3-8,11,15,18H,9-10,12-14H2,1-2H3,(H,20,24). The van der Waals surface area contributed by atoms with Gasteiger partial charge in [0.1, 0.15) is 6.54 Å². The van der Waals surface area contributed by atoms with Gasteiger partial charge in [-0.1, -0.05) is 37.3 Å². The van der Waals surface area contributed by atoms with Gasteiger partial charge in [0.05, 0.1) is 5.69 Å². The van der Waals surface area contributed by atoms with Gasteiger partial charge in [-0.25, -0.2) is 0 Å². The predicted octanol–water partition coefficient (Wildman–Crippen LogP) is 2.22. The molecule has 1 fully saturated rings. The number of nitrogens with one attached hydrogen (secondary N) is 1. The summed E-state index contributed by atoms with van der Waals surface area (Å²) in [6.07, 6.45) is 2.85. The lowest BCUT2D eigenvalue weighted by molar-refractivity contribution is -0.123.